The Balaban J connectivity index is 1.77. The van der Waals surface area contributed by atoms with E-state index in [4.69, 9.17) is 18.9 Å². The fraction of sp³-hybridized carbons (Fsp3) is 0.750. The van der Waals surface area contributed by atoms with Crippen molar-refractivity contribution in [1.82, 2.24) is 0 Å². The second-order valence-electron chi connectivity index (χ2n) is 4.42. The third kappa shape index (κ3) is 3.06. The molecule has 2 saturated heterocycles. The van der Waals surface area contributed by atoms with Crippen LogP contribution in [0.3, 0.4) is 0 Å². The Morgan fingerprint density at radius 3 is 2.94 bits per heavy atom. The molecule has 0 aromatic heterocycles. The van der Waals surface area contributed by atoms with Crippen LogP contribution < -0.4 is 0 Å². The van der Waals surface area contributed by atoms with Gasteiger partial charge in [-0.15, -0.1) is 0 Å². The van der Waals surface area contributed by atoms with E-state index < -0.39 is 11.9 Å². The van der Waals surface area contributed by atoms with Crippen molar-refractivity contribution in [3.63, 3.8) is 0 Å². The number of rotatable bonds is 3. The van der Waals surface area contributed by atoms with Crippen LogP contribution in [0.2, 0.25) is 0 Å². The van der Waals surface area contributed by atoms with Crippen LogP contribution in [0.15, 0.2) is 12.2 Å². The summed E-state index contributed by atoms with van der Waals surface area (Å²) in [5.74, 6) is -1.29. The van der Waals surface area contributed by atoms with Crippen molar-refractivity contribution in [2.24, 2.45) is 0 Å². The van der Waals surface area contributed by atoms with Gasteiger partial charge in [-0.05, 0) is 19.8 Å². The molecule has 2 aliphatic heterocycles. The fourth-order valence-corrected chi connectivity index (χ4v) is 1.87. The molecule has 0 aliphatic carbocycles. The second-order valence-corrected chi connectivity index (χ2v) is 4.42. The molecular formula is C12H18O5. The van der Waals surface area contributed by atoms with E-state index in [0.717, 1.165) is 19.3 Å². The van der Waals surface area contributed by atoms with Crippen LogP contribution in [0.4, 0.5) is 0 Å². The van der Waals surface area contributed by atoms with Crippen LogP contribution in [-0.4, -0.2) is 37.9 Å². The van der Waals surface area contributed by atoms with Crippen LogP contribution in [0.5, 0.6) is 0 Å². The standard InChI is InChI=1S/C12H18O5/c1-9(2)11(13)14-7-10-8-16-12(17-10)5-3-4-6-15-12/h10H,1,3-8H2,2H3. The number of carbonyl (C=O) groups is 1. The molecule has 0 bridgehead atoms. The maximum atomic E-state index is 11.2. The number of ether oxygens (including phenoxy) is 4. The predicted octanol–water partition coefficient (Wildman–Crippen LogP) is 1.38. The lowest BCUT2D eigenvalue weighted by atomic mass is 10.2. The van der Waals surface area contributed by atoms with Gasteiger partial charge in [-0.3, -0.25) is 0 Å². The maximum Gasteiger partial charge on any atom is 0.333 e. The monoisotopic (exact) mass is 242 g/mol. The van der Waals surface area contributed by atoms with E-state index in [2.05, 4.69) is 6.58 Å². The van der Waals surface area contributed by atoms with Crippen LogP contribution in [0, 0.1) is 0 Å². The minimum absolute atomic E-state index is 0.177. The van der Waals surface area contributed by atoms with Crippen LogP contribution in [0.1, 0.15) is 26.2 Å². The number of carbonyl (C=O) groups excluding carboxylic acids is 1. The summed E-state index contributed by atoms with van der Waals surface area (Å²) in [6.07, 6.45) is 2.54. The lowest BCUT2D eigenvalue weighted by molar-refractivity contribution is -0.352. The Morgan fingerprint density at radius 1 is 1.47 bits per heavy atom. The quantitative estimate of drug-likeness (QED) is 0.552. The minimum Gasteiger partial charge on any atom is -0.459 e. The molecule has 2 heterocycles. The molecule has 0 N–H and O–H groups in total. The Morgan fingerprint density at radius 2 is 2.29 bits per heavy atom. The van der Waals surface area contributed by atoms with Crippen molar-refractivity contribution in [1.29, 1.82) is 0 Å². The smallest absolute Gasteiger partial charge is 0.333 e. The highest BCUT2D eigenvalue weighted by atomic mass is 16.9. The molecule has 5 heteroatoms. The van der Waals surface area contributed by atoms with Gasteiger partial charge in [-0.1, -0.05) is 6.58 Å². The van der Waals surface area contributed by atoms with Crippen LogP contribution in [0.25, 0.3) is 0 Å². The first kappa shape index (κ1) is 12.5. The van der Waals surface area contributed by atoms with E-state index in [9.17, 15) is 4.79 Å². The number of esters is 1. The fourth-order valence-electron chi connectivity index (χ4n) is 1.87. The van der Waals surface area contributed by atoms with Gasteiger partial charge < -0.3 is 18.9 Å². The first-order valence-electron chi connectivity index (χ1n) is 5.90. The van der Waals surface area contributed by atoms with E-state index >= 15 is 0 Å². The largest absolute Gasteiger partial charge is 0.459 e. The van der Waals surface area contributed by atoms with Gasteiger partial charge in [0.25, 0.3) is 5.97 Å². The lowest BCUT2D eigenvalue weighted by Crippen LogP contribution is -2.38. The normalized spacial score (nSPS) is 32.6. The zero-order valence-electron chi connectivity index (χ0n) is 10.1. The lowest BCUT2D eigenvalue weighted by Gasteiger charge is -2.31. The van der Waals surface area contributed by atoms with Gasteiger partial charge in [0, 0.05) is 12.0 Å². The van der Waals surface area contributed by atoms with Crippen molar-refractivity contribution >= 4 is 5.97 Å². The molecule has 0 aromatic rings. The molecule has 17 heavy (non-hydrogen) atoms. The molecule has 1 spiro atoms. The van der Waals surface area contributed by atoms with Crippen molar-refractivity contribution in [2.75, 3.05) is 19.8 Å². The Hall–Kier alpha value is -0.910. The predicted molar refractivity (Wildman–Crippen MR) is 59.1 cm³/mol. The summed E-state index contributed by atoms with van der Waals surface area (Å²) in [4.78, 5) is 11.2. The van der Waals surface area contributed by atoms with Gasteiger partial charge >= 0.3 is 5.97 Å². The van der Waals surface area contributed by atoms with Gasteiger partial charge in [0.2, 0.25) is 0 Å². The summed E-state index contributed by atoms with van der Waals surface area (Å²) >= 11 is 0. The van der Waals surface area contributed by atoms with E-state index in [1.54, 1.807) is 6.92 Å². The molecule has 0 radical (unpaired) electrons. The summed E-state index contributed by atoms with van der Waals surface area (Å²) in [6, 6.07) is 0. The van der Waals surface area contributed by atoms with Gasteiger partial charge in [0.15, 0.2) is 0 Å². The molecule has 0 saturated carbocycles. The summed E-state index contributed by atoms with van der Waals surface area (Å²) in [5.41, 5.74) is 0.382. The average Bonchev–Trinajstić information content (AvgIpc) is 2.70. The third-order valence-electron chi connectivity index (χ3n) is 2.78. The molecular weight excluding hydrogens is 224 g/mol. The van der Waals surface area contributed by atoms with Crippen molar-refractivity contribution < 1.29 is 23.7 Å². The highest BCUT2D eigenvalue weighted by molar-refractivity contribution is 5.86. The van der Waals surface area contributed by atoms with Gasteiger partial charge in [0.1, 0.15) is 12.7 Å². The van der Waals surface area contributed by atoms with Crippen molar-refractivity contribution in [3.05, 3.63) is 12.2 Å². The second kappa shape index (κ2) is 5.16. The molecule has 2 aliphatic rings. The van der Waals surface area contributed by atoms with Gasteiger partial charge in [-0.25, -0.2) is 4.79 Å². The highest BCUT2D eigenvalue weighted by Crippen LogP contribution is 2.33. The summed E-state index contributed by atoms with van der Waals surface area (Å²) in [7, 11) is 0. The van der Waals surface area contributed by atoms with Gasteiger partial charge in [-0.2, -0.15) is 0 Å². The third-order valence-corrected chi connectivity index (χ3v) is 2.78. The molecule has 96 valence electrons. The first-order chi connectivity index (χ1) is 8.11. The van der Waals surface area contributed by atoms with E-state index in [1.165, 1.54) is 0 Å². The molecule has 2 rings (SSSR count). The molecule has 0 aromatic carbocycles. The molecule has 2 unspecified atom stereocenters. The maximum absolute atomic E-state index is 11.2. The van der Waals surface area contributed by atoms with Crippen LogP contribution >= 0.6 is 0 Å². The van der Waals surface area contributed by atoms with E-state index in [-0.39, 0.29) is 12.7 Å². The van der Waals surface area contributed by atoms with Gasteiger partial charge in [0.05, 0.1) is 13.2 Å². The molecule has 5 nitrogen and oxygen atoms in total. The Kier molecular flexibility index (Phi) is 3.81. The molecule has 2 atom stereocenters. The Labute approximate surface area is 101 Å². The first-order valence-corrected chi connectivity index (χ1v) is 5.90. The van der Waals surface area contributed by atoms with E-state index in [0.29, 0.717) is 18.8 Å². The highest BCUT2D eigenvalue weighted by Gasteiger charge is 2.44. The zero-order valence-corrected chi connectivity index (χ0v) is 10.1. The number of hydrogen-bond acceptors (Lipinski definition) is 5. The molecule has 0 amide bonds. The zero-order chi connectivity index (χ0) is 12.3. The molecule has 2 fully saturated rings. The van der Waals surface area contributed by atoms with Crippen LogP contribution in [-0.2, 0) is 23.7 Å². The van der Waals surface area contributed by atoms with Crippen molar-refractivity contribution in [3.8, 4) is 0 Å². The topological polar surface area (TPSA) is 54.0 Å². The summed E-state index contributed by atoms with van der Waals surface area (Å²) in [6.45, 7) is 6.34. The van der Waals surface area contributed by atoms with E-state index in [1.807, 2.05) is 0 Å². The minimum atomic E-state index is -0.890. The van der Waals surface area contributed by atoms with Crippen molar-refractivity contribution in [2.45, 2.75) is 38.3 Å². The number of hydrogen-bond donors (Lipinski definition) is 0. The Bertz CT molecular complexity index is 306. The SMILES string of the molecule is C=C(C)C(=O)OCC1COC2(CCCCO2)O1. The average molecular weight is 242 g/mol. The summed E-state index contributed by atoms with van der Waals surface area (Å²) in [5, 5.41) is 0. The summed E-state index contributed by atoms with van der Waals surface area (Å²) < 4.78 is 21.7.